The van der Waals surface area contributed by atoms with Gasteiger partial charge in [0, 0.05) is 41.0 Å². The largest absolute Gasteiger partial charge is 0.598 e. The molecule has 0 bridgehead atoms. The standard InChI is InChI=1S/C29H31Cl2N5OS/c1-18-24(21-10-7-11-22(30)25(21)31)23(17-32)34-27(33-18)36-14-12-29(13-15-36)16-19-8-5-6-9-20(19)26(29)35-38(37)28(2,3)4/h5-11,26,35H,12-16H2,1-4H3/t26-,38-/m1/s1. The Kier molecular flexibility index (Phi) is 7.40. The molecule has 2 heterocycles. The fourth-order valence-electron chi connectivity index (χ4n) is 5.68. The lowest BCUT2D eigenvalue weighted by Crippen LogP contribution is -2.50. The molecule has 0 unspecified atom stereocenters. The van der Waals surface area contributed by atoms with Crippen molar-refractivity contribution in [2.75, 3.05) is 18.0 Å². The molecule has 1 aliphatic heterocycles. The van der Waals surface area contributed by atoms with Gasteiger partial charge in [-0.15, -0.1) is 4.72 Å². The highest BCUT2D eigenvalue weighted by atomic mass is 35.5. The maximum Gasteiger partial charge on any atom is 0.226 e. The fourth-order valence-corrected chi connectivity index (χ4v) is 7.02. The first-order valence-electron chi connectivity index (χ1n) is 12.8. The Hall–Kier alpha value is -2.34. The van der Waals surface area contributed by atoms with Gasteiger partial charge in [-0.1, -0.05) is 59.6 Å². The molecule has 2 aliphatic rings. The Labute approximate surface area is 237 Å². The summed E-state index contributed by atoms with van der Waals surface area (Å²) in [7, 11) is 0. The summed E-state index contributed by atoms with van der Waals surface area (Å²) < 4.78 is 16.3. The van der Waals surface area contributed by atoms with Gasteiger partial charge in [0.05, 0.1) is 21.8 Å². The summed E-state index contributed by atoms with van der Waals surface area (Å²) in [6.45, 7) is 9.36. The zero-order chi connectivity index (χ0) is 27.2. The van der Waals surface area contributed by atoms with Crippen LogP contribution in [0.25, 0.3) is 11.1 Å². The predicted molar refractivity (Wildman–Crippen MR) is 155 cm³/mol. The van der Waals surface area contributed by atoms with Crippen molar-refractivity contribution in [1.82, 2.24) is 14.7 Å². The van der Waals surface area contributed by atoms with Gasteiger partial charge >= 0.3 is 0 Å². The van der Waals surface area contributed by atoms with E-state index in [1.54, 1.807) is 12.1 Å². The quantitative estimate of drug-likeness (QED) is 0.359. The molecule has 1 N–H and O–H groups in total. The van der Waals surface area contributed by atoms with E-state index in [2.05, 4.69) is 44.9 Å². The normalized spacial score (nSPS) is 19.3. The lowest BCUT2D eigenvalue weighted by molar-refractivity contribution is 0.175. The molecule has 2 atom stereocenters. The summed E-state index contributed by atoms with van der Waals surface area (Å²) in [5.74, 6) is 0.550. The number of halogens is 2. The molecule has 1 fully saturated rings. The number of hydrogen-bond donors (Lipinski definition) is 1. The average Bonchev–Trinajstić information content (AvgIpc) is 3.17. The average molecular weight is 569 g/mol. The smallest absolute Gasteiger partial charge is 0.226 e. The van der Waals surface area contributed by atoms with E-state index in [1.165, 1.54) is 11.1 Å². The summed E-state index contributed by atoms with van der Waals surface area (Å²) in [5.41, 5.74) is 4.77. The van der Waals surface area contributed by atoms with Gasteiger partial charge in [-0.2, -0.15) is 5.26 Å². The van der Waals surface area contributed by atoms with E-state index in [1.807, 2.05) is 33.8 Å². The number of hydrogen-bond acceptors (Lipinski definition) is 6. The van der Waals surface area contributed by atoms with Crippen molar-refractivity contribution >= 4 is 40.5 Å². The van der Waals surface area contributed by atoms with Crippen molar-refractivity contribution in [1.29, 1.82) is 5.26 Å². The zero-order valence-corrected chi connectivity index (χ0v) is 24.3. The van der Waals surface area contributed by atoms with E-state index < -0.39 is 11.4 Å². The second-order valence-electron chi connectivity index (χ2n) is 11.2. The number of nitrogens with zero attached hydrogens (tertiary/aromatic N) is 4. The van der Waals surface area contributed by atoms with Gasteiger partial charge in [0.25, 0.3) is 0 Å². The number of anilines is 1. The van der Waals surface area contributed by atoms with E-state index >= 15 is 0 Å². The summed E-state index contributed by atoms with van der Waals surface area (Å²) in [6, 6.07) is 16.1. The number of aryl methyl sites for hydroxylation is 1. The van der Waals surface area contributed by atoms with E-state index in [4.69, 9.17) is 28.2 Å². The van der Waals surface area contributed by atoms with Crippen LogP contribution in [0.1, 0.15) is 62.2 Å². The van der Waals surface area contributed by atoms with Gasteiger partial charge in [-0.3, -0.25) is 0 Å². The molecule has 0 amide bonds. The summed E-state index contributed by atoms with van der Waals surface area (Å²) in [5, 5.41) is 10.8. The molecular formula is C29H31Cl2N5OS. The van der Waals surface area contributed by atoms with Crippen molar-refractivity contribution < 1.29 is 4.55 Å². The lowest BCUT2D eigenvalue weighted by atomic mass is 9.73. The molecule has 1 aromatic heterocycles. The van der Waals surface area contributed by atoms with Gasteiger partial charge in [-0.25, -0.2) is 9.97 Å². The maximum absolute atomic E-state index is 13.2. The van der Waals surface area contributed by atoms with E-state index in [0.717, 1.165) is 32.4 Å². The highest BCUT2D eigenvalue weighted by Gasteiger charge is 2.50. The number of piperidine rings is 1. The molecule has 0 radical (unpaired) electrons. The van der Waals surface area contributed by atoms with Crippen LogP contribution in [0.15, 0.2) is 42.5 Å². The zero-order valence-electron chi connectivity index (χ0n) is 22.0. The number of benzene rings is 2. The van der Waals surface area contributed by atoms with Crippen molar-refractivity contribution in [2.24, 2.45) is 5.41 Å². The number of nitriles is 1. The van der Waals surface area contributed by atoms with Crippen LogP contribution in [-0.4, -0.2) is 32.4 Å². The van der Waals surface area contributed by atoms with Gasteiger partial charge in [0.1, 0.15) is 10.8 Å². The third-order valence-electron chi connectivity index (χ3n) is 7.75. The van der Waals surface area contributed by atoms with E-state index in [-0.39, 0.29) is 21.9 Å². The third kappa shape index (κ3) is 4.89. The number of fused-ring (bicyclic) bond motifs is 1. The van der Waals surface area contributed by atoms with Crippen LogP contribution in [0.4, 0.5) is 5.95 Å². The van der Waals surface area contributed by atoms with Gasteiger partial charge < -0.3 is 9.45 Å². The van der Waals surface area contributed by atoms with Crippen molar-refractivity contribution in [3.8, 4) is 17.2 Å². The minimum absolute atomic E-state index is 0.0191. The van der Waals surface area contributed by atoms with Crippen LogP contribution in [0, 0.1) is 23.7 Å². The Bertz CT molecular complexity index is 1410. The molecule has 6 nitrogen and oxygen atoms in total. The Morgan fingerprint density at radius 1 is 1.11 bits per heavy atom. The van der Waals surface area contributed by atoms with Crippen LogP contribution < -0.4 is 9.62 Å². The number of nitrogens with one attached hydrogen (secondary N) is 1. The molecule has 3 aromatic rings. The van der Waals surface area contributed by atoms with Crippen LogP contribution >= 0.6 is 23.2 Å². The first kappa shape index (κ1) is 27.2. The minimum atomic E-state index is -1.18. The second-order valence-corrected chi connectivity index (χ2v) is 14.0. The molecule has 0 saturated carbocycles. The molecule has 1 aliphatic carbocycles. The van der Waals surface area contributed by atoms with Crippen molar-refractivity contribution in [3.63, 3.8) is 0 Å². The lowest BCUT2D eigenvalue weighted by Gasteiger charge is -2.44. The third-order valence-corrected chi connectivity index (χ3v) is 10.1. The summed E-state index contributed by atoms with van der Waals surface area (Å²) in [4.78, 5) is 11.6. The number of aromatic nitrogens is 2. The number of rotatable bonds is 4. The summed E-state index contributed by atoms with van der Waals surface area (Å²) in [6.07, 6.45) is 2.74. The van der Waals surface area contributed by atoms with Crippen LogP contribution in [0.2, 0.25) is 10.0 Å². The molecule has 5 rings (SSSR count). The Morgan fingerprint density at radius 3 is 2.50 bits per heavy atom. The fraction of sp³-hybridized carbons (Fsp3) is 0.414. The van der Waals surface area contributed by atoms with E-state index in [9.17, 15) is 9.81 Å². The molecule has 38 heavy (non-hydrogen) atoms. The highest BCUT2D eigenvalue weighted by molar-refractivity contribution is 7.90. The molecule has 1 saturated heterocycles. The van der Waals surface area contributed by atoms with Gasteiger partial charge in [-0.05, 0) is 64.2 Å². The monoisotopic (exact) mass is 567 g/mol. The van der Waals surface area contributed by atoms with Crippen LogP contribution in [0.5, 0.6) is 0 Å². The first-order chi connectivity index (χ1) is 18.0. The van der Waals surface area contributed by atoms with Crippen molar-refractivity contribution in [2.45, 2.75) is 57.7 Å². The molecular weight excluding hydrogens is 537 g/mol. The first-order valence-corrected chi connectivity index (χ1v) is 14.7. The second kappa shape index (κ2) is 10.3. The molecule has 2 aromatic carbocycles. The molecule has 198 valence electrons. The minimum Gasteiger partial charge on any atom is -0.598 e. The Morgan fingerprint density at radius 2 is 1.82 bits per heavy atom. The van der Waals surface area contributed by atoms with Crippen molar-refractivity contribution in [3.05, 3.63) is 75.0 Å². The van der Waals surface area contributed by atoms with Gasteiger partial charge in [0.15, 0.2) is 5.69 Å². The van der Waals surface area contributed by atoms with Gasteiger partial charge in [0.2, 0.25) is 5.95 Å². The Balaban J connectivity index is 1.42. The topological polar surface area (TPSA) is 87.9 Å². The van der Waals surface area contributed by atoms with E-state index in [0.29, 0.717) is 32.8 Å². The van der Waals surface area contributed by atoms with Crippen LogP contribution in [-0.2, 0) is 17.8 Å². The SMILES string of the molecule is Cc1nc(N2CCC3(CC2)Cc2ccccc2[C@H]3N[S@+]([O-])C(C)(C)C)nc(C#N)c1-c1cccc(Cl)c1Cl. The highest BCUT2D eigenvalue weighted by Crippen LogP contribution is 2.53. The molecule has 1 spiro atoms. The predicted octanol–water partition coefficient (Wildman–Crippen LogP) is 6.57. The maximum atomic E-state index is 13.2. The van der Waals surface area contributed by atoms with Crippen LogP contribution in [0.3, 0.4) is 0 Å². The summed E-state index contributed by atoms with van der Waals surface area (Å²) >= 11 is 11.5. The molecule has 9 heteroatoms.